The smallest absolute Gasteiger partial charge is 0.226 e. The molecule has 25 heavy (non-hydrogen) atoms. The Morgan fingerprint density at radius 3 is 2.56 bits per heavy atom. The molecule has 0 atom stereocenters. The Labute approximate surface area is 145 Å². The van der Waals surface area contributed by atoms with Crippen LogP contribution in [0.3, 0.4) is 0 Å². The Bertz CT molecular complexity index is 994. The third-order valence-electron chi connectivity index (χ3n) is 3.71. The van der Waals surface area contributed by atoms with Gasteiger partial charge in [0.1, 0.15) is 0 Å². The summed E-state index contributed by atoms with van der Waals surface area (Å²) in [7, 11) is -3.56. The molecule has 0 unspecified atom stereocenters. The van der Waals surface area contributed by atoms with Gasteiger partial charge >= 0.3 is 0 Å². The van der Waals surface area contributed by atoms with Crippen molar-refractivity contribution in [2.75, 3.05) is 5.32 Å². The Balaban J connectivity index is 1.57. The zero-order valence-corrected chi connectivity index (χ0v) is 14.2. The summed E-state index contributed by atoms with van der Waals surface area (Å²) in [6.45, 7) is 0.524. The van der Waals surface area contributed by atoms with E-state index in [9.17, 15) is 13.2 Å². The molecule has 3 N–H and O–H groups in total. The van der Waals surface area contributed by atoms with Gasteiger partial charge in [0.2, 0.25) is 15.9 Å². The molecule has 0 aliphatic rings. The summed E-state index contributed by atoms with van der Waals surface area (Å²) in [6, 6.07) is 14.3. The number of aromatic nitrogens is 2. The number of aryl methyl sites for hydroxylation is 1. The van der Waals surface area contributed by atoms with Crippen molar-refractivity contribution in [3.05, 3.63) is 60.4 Å². The second kappa shape index (κ2) is 7.04. The highest BCUT2D eigenvalue weighted by Gasteiger charge is 2.07. The van der Waals surface area contributed by atoms with Gasteiger partial charge in [-0.3, -0.25) is 4.79 Å². The number of nitrogens with zero attached hydrogens (tertiary/aromatic N) is 2. The first-order valence-electron chi connectivity index (χ1n) is 7.70. The fraction of sp³-hybridized carbons (Fsp3) is 0.176. The molecular weight excluding hydrogens is 340 g/mol. The summed E-state index contributed by atoms with van der Waals surface area (Å²) in [5.41, 5.74) is 3.07. The van der Waals surface area contributed by atoms with Crippen molar-refractivity contribution in [2.24, 2.45) is 5.14 Å². The van der Waals surface area contributed by atoms with Crippen molar-refractivity contribution < 1.29 is 13.2 Å². The van der Waals surface area contributed by atoms with Gasteiger partial charge in [-0.15, -0.1) is 0 Å². The predicted molar refractivity (Wildman–Crippen MR) is 96.2 cm³/mol. The number of hydrogen-bond acceptors (Lipinski definition) is 4. The SMILES string of the molecule is NS(=O)(=O)Cc1ccc(NC(=O)CCn2cnc3ccccc32)cc1. The molecule has 2 aromatic carbocycles. The van der Waals surface area contributed by atoms with E-state index in [1.54, 1.807) is 30.6 Å². The summed E-state index contributed by atoms with van der Waals surface area (Å²) >= 11 is 0. The van der Waals surface area contributed by atoms with Gasteiger partial charge in [-0.2, -0.15) is 0 Å². The van der Waals surface area contributed by atoms with Crippen molar-refractivity contribution >= 4 is 32.7 Å². The number of carbonyl (C=O) groups excluding carboxylic acids is 1. The lowest BCUT2D eigenvalue weighted by Gasteiger charge is -2.07. The number of fused-ring (bicyclic) bond motifs is 1. The fourth-order valence-corrected chi connectivity index (χ4v) is 3.21. The summed E-state index contributed by atoms with van der Waals surface area (Å²) in [5, 5.41) is 7.80. The summed E-state index contributed by atoms with van der Waals surface area (Å²) in [4.78, 5) is 16.4. The van der Waals surface area contributed by atoms with E-state index in [1.807, 2.05) is 28.8 Å². The van der Waals surface area contributed by atoms with Crippen LogP contribution in [0.1, 0.15) is 12.0 Å². The maximum atomic E-state index is 12.1. The van der Waals surface area contributed by atoms with Gasteiger partial charge in [0.25, 0.3) is 0 Å². The second-order valence-corrected chi connectivity index (χ2v) is 7.34. The molecule has 0 radical (unpaired) electrons. The van der Waals surface area contributed by atoms with Crippen LogP contribution in [0, 0.1) is 0 Å². The van der Waals surface area contributed by atoms with E-state index < -0.39 is 10.0 Å². The van der Waals surface area contributed by atoms with Crippen LogP contribution in [0.15, 0.2) is 54.9 Å². The van der Waals surface area contributed by atoms with Crippen LogP contribution in [0.25, 0.3) is 11.0 Å². The molecule has 0 aliphatic heterocycles. The monoisotopic (exact) mass is 358 g/mol. The van der Waals surface area contributed by atoms with E-state index >= 15 is 0 Å². The predicted octanol–water partition coefficient (Wildman–Crippen LogP) is 1.85. The van der Waals surface area contributed by atoms with Gasteiger partial charge in [-0.05, 0) is 29.8 Å². The average Bonchev–Trinajstić information content (AvgIpc) is 2.97. The minimum atomic E-state index is -3.56. The molecule has 0 bridgehead atoms. The van der Waals surface area contributed by atoms with Crippen LogP contribution in [-0.4, -0.2) is 23.9 Å². The largest absolute Gasteiger partial charge is 0.330 e. The molecule has 130 valence electrons. The maximum absolute atomic E-state index is 12.1. The zero-order chi connectivity index (χ0) is 17.9. The average molecular weight is 358 g/mol. The third kappa shape index (κ3) is 4.65. The molecule has 3 rings (SSSR count). The Morgan fingerprint density at radius 1 is 1.12 bits per heavy atom. The first-order chi connectivity index (χ1) is 11.9. The minimum Gasteiger partial charge on any atom is -0.330 e. The Hall–Kier alpha value is -2.71. The molecule has 0 saturated heterocycles. The van der Waals surface area contributed by atoms with Crippen LogP contribution in [0.4, 0.5) is 5.69 Å². The number of benzene rings is 2. The first-order valence-corrected chi connectivity index (χ1v) is 9.41. The maximum Gasteiger partial charge on any atom is 0.226 e. The Morgan fingerprint density at radius 2 is 1.84 bits per heavy atom. The van der Waals surface area contributed by atoms with E-state index in [2.05, 4.69) is 10.3 Å². The normalized spacial score (nSPS) is 11.6. The quantitative estimate of drug-likeness (QED) is 0.701. The molecule has 7 nitrogen and oxygen atoms in total. The lowest BCUT2D eigenvalue weighted by molar-refractivity contribution is -0.116. The number of amides is 1. The first kappa shape index (κ1) is 17.1. The van der Waals surface area contributed by atoms with Crippen molar-refractivity contribution in [1.82, 2.24) is 9.55 Å². The molecule has 0 saturated carbocycles. The summed E-state index contributed by atoms with van der Waals surface area (Å²) in [6.07, 6.45) is 2.03. The number of para-hydroxylation sites is 2. The van der Waals surface area contributed by atoms with Crippen molar-refractivity contribution in [3.63, 3.8) is 0 Å². The molecule has 0 spiro atoms. The van der Waals surface area contributed by atoms with Crippen LogP contribution in [0.5, 0.6) is 0 Å². The van der Waals surface area contributed by atoms with E-state index in [-0.39, 0.29) is 11.7 Å². The molecule has 1 aromatic heterocycles. The summed E-state index contributed by atoms with van der Waals surface area (Å²) in [5.74, 6) is -0.355. The molecular formula is C17H18N4O3S. The van der Waals surface area contributed by atoms with Crippen molar-refractivity contribution in [1.29, 1.82) is 0 Å². The van der Waals surface area contributed by atoms with Crippen molar-refractivity contribution in [3.8, 4) is 0 Å². The number of carbonyl (C=O) groups is 1. The lowest BCUT2D eigenvalue weighted by atomic mass is 10.2. The van der Waals surface area contributed by atoms with Crippen LogP contribution in [-0.2, 0) is 27.1 Å². The van der Waals surface area contributed by atoms with E-state index in [4.69, 9.17) is 5.14 Å². The molecule has 1 heterocycles. The number of imidazole rings is 1. The number of nitrogens with one attached hydrogen (secondary N) is 1. The number of primary sulfonamides is 1. The number of hydrogen-bond donors (Lipinski definition) is 2. The van der Waals surface area contributed by atoms with E-state index in [0.717, 1.165) is 11.0 Å². The van der Waals surface area contributed by atoms with E-state index in [1.165, 1.54) is 0 Å². The fourth-order valence-electron chi connectivity index (χ4n) is 2.55. The minimum absolute atomic E-state index is 0.128. The topological polar surface area (TPSA) is 107 Å². The highest BCUT2D eigenvalue weighted by molar-refractivity contribution is 7.88. The van der Waals surface area contributed by atoms with Gasteiger partial charge in [0, 0.05) is 18.7 Å². The van der Waals surface area contributed by atoms with Gasteiger partial charge in [-0.25, -0.2) is 18.5 Å². The molecule has 3 aromatic rings. The third-order valence-corrected chi connectivity index (χ3v) is 4.45. The van der Waals surface area contributed by atoms with Crippen molar-refractivity contribution in [2.45, 2.75) is 18.7 Å². The van der Waals surface area contributed by atoms with Gasteiger partial charge in [0.05, 0.1) is 23.1 Å². The zero-order valence-electron chi connectivity index (χ0n) is 13.4. The van der Waals surface area contributed by atoms with Gasteiger partial charge in [-0.1, -0.05) is 24.3 Å². The standard InChI is InChI=1S/C17H18N4O3S/c18-25(23,24)11-13-5-7-14(8-6-13)20-17(22)9-10-21-12-19-15-3-1-2-4-16(15)21/h1-8,12H,9-11H2,(H,20,22)(H2,18,23,24). The number of anilines is 1. The number of rotatable bonds is 6. The second-order valence-electron chi connectivity index (χ2n) is 5.73. The van der Waals surface area contributed by atoms with Gasteiger partial charge in [0.15, 0.2) is 0 Å². The van der Waals surface area contributed by atoms with Crippen LogP contribution in [0.2, 0.25) is 0 Å². The molecule has 0 aliphatic carbocycles. The highest BCUT2D eigenvalue weighted by Crippen LogP contribution is 2.14. The highest BCUT2D eigenvalue weighted by atomic mass is 32.2. The van der Waals surface area contributed by atoms with Crippen LogP contribution >= 0.6 is 0 Å². The number of sulfonamides is 1. The number of nitrogens with two attached hydrogens (primary N) is 1. The van der Waals surface area contributed by atoms with Crippen LogP contribution < -0.4 is 10.5 Å². The van der Waals surface area contributed by atoms with Gasteiger partial charge < -0.3 is 9.88 Å². The Kier molecular flexibility index (Phi) is 4.82. The molecule has 0 fully saturated rings. The molecule has 8 heteroatoms. The summed E-state index contributed by atoms with van der Waals surface area (Å²) < 4.78 is 24.0. The molecule has 1 amide bonds. The van der Waals surface area contributed by atoms with E-state index in [0.29, 0.717) is 24.2 Å². The lowest BCUT2D eigenvalue weighted by Crippen LogP contribution is -2.15.